The molecule has 1 aromatic carbocycles. The Labute approximate surface area is 198 Å². The molecule has 1 fully saturated rings. The molecule has 3 heterocycles. The van der Waals surface area contributed by atoms with E-state index < -0.39 is 17.3 Å². The predicted octanol–water partition coefficient (Wildman–Crippen LogP) is 0.385. The Hall–Kier alpha value is -3.65. The van der Waals surface area contributed by atoms with Crippen molar-refractivity contribution in [3.05, 3.63) is 79.7 Å². The maximum atomic E-state index is 13.5. The number of nitriles is 1. The fourth-order valence-corrected chi connectivity index (χ4v) is 4.59. The van der Waals surface area contributed by atoms with Crippen LogP contribution in [-0.2, 0) is 9.53 Å². The number of pyridine rings is 1. The van der Waals surface area contributed by atoms with Gasteiger partial charge in [-0.2, -0.15) is 5.26 Å². The number of halogens is 1. The van der Waals surface area contributed by atoms with E-state index in [1.54, 1.807) is 30.5 Å². The van der Waals surface area contributed by atoms with Crippen molar-refractivity contribution in [2.45, 2.75) is 0 Å². The van der Waals surface area contributed by atoms with E-state index in [4.69, 9.17) is 4.74 Å². The van der Waals surface area contributed by atoms with Crippen molar-refractivity contribution in [3.8, 4) is 11.8 Å². The van der Waals surface area contributed by atoms with Crippen LogP contribution in [0.15, 0.2) is 53.5 Å². The van der Waals surface area contributed by atoms with Crippen molar-refractivity contribution >= 4 is 28.9 Å². The van der Waals surface area contributed by atoms with E-state index in [0.717, 1.165) is 24.4 Å². The monoisotopic (exact) mass is 479 g/mol. The number of nitrogens with one attached hydrogen (secondary N) is 1. The molecule has 2 aromatic heterocycles. The maximum Gasteiger partial charge on any atom is 0.273 e. The number of thiazole rings is 1. The van der Waals surface area contributed by atoms with Gasteiger partial charge in [-0.3, -0.25) is 24.0 Å². The van der Waals surface area contributed by atoms with Gasteiger partial charge in [0.15, 0.2) is 5.57 Å². The quantitative estimate of drug-likeness (QED) is 0.549. The first-order valence-electron chi connectivity index (χ1n) is 10.7. The molecule has 0 spiro atoms. The number of carbonyl (C=O) groups is 1. The van der Waals surface area contributed by atoms with Crippen molar-refractivity contribution in [1.82, 2.24) is 19.8 Å². The molecule has 1 N–H and O–H groups in total. The molecular formula is C24H22FN5O3S. The Balaban J connectivity index is 1.75. The molecular weight excluding hydrogens is 457 g/mol. The van der Waals surface area contributed by atoms with Gasteiger partial charge < -0.3 is 10.1 Å². The molecule has 1 amide bonds. The highest BCUT2D eigenvalue weighted by Crippen LogP contribution is 2.06. The Bertz CT molecular complexity index is 1370. The predicted molar refractivity (Wildman–Crippen MR) is 126 cm³/mol. The van der Waals surface area contributed by atoms with Gasteiger partial charge >= 0.3 is 0 Å². The number of morpholine rings is 1. The summed E-state index contributed by atoms with van der Waals surface area (Å²) in [4.78, 5) is 32.6. The second kappa shape index (κ2) is 11.0. The summed E-state index contributed by atoms with van der Waals surface area (Å²) in [7, 11) is 0. The highest BCUT2D eigenvalue weighted by Gasteiger charge is 2.18. The van der Waals surface area contributed by atoms with Crippen molar-refractivity contribution in [2.24, 2.45) is 0 Å². The summed E-state index contributed by atoms with van der Waals surface area (Å²) in [5.74, 6) is -1.03. The van der Waals surface area contributed by atoms with Crippen molar-refractivity contribution in [1.29, 1.82) is 5.26 Å². The van der Waals surface area contributed by atoms with Crippen LogP contribution in [0.5, 0.6) is 0 Å². The van der Waals surface area contributed by atoms with Gasteiger partial charge in [-0.1, -0.05) is 6.07 Å². The molecule has 0 radical (unpaired) electrons. The summed E-state index contributed by atoms with van der Waals surface area (Å²) in [5.41, 5.74) is 0.305. The Morgan fingerprint density at radius 3 is 2.68 bits per heavy atom. The molecule has 34 heavy (non-hydrogen) atoms. The summed E-state index contributed by atoms with van der Waals surface area (Å²) >= 11 is 1.02. The number of rotatable bonds is 6. The SMILES string of the molecule is N#C/C(C(=O)NCCN1CCOCC1)=c1/s/c(=C\c2ccccn2)c(=O)n1-c1ccc(F)cc1. The third-order valence-electron chi connectivity index (χ3n) is 5.25. The van der Waals surface area contributed by atoms with Crippen LogP contribution >= 0.6 is 11.3 Å². The first-order valence-corrected chi connectivity index (χ1v) is 11.5. The van der Waals surface area contributed by atoms with Gasteiger partial charge in [-0.25, -0.2) is 4.39 Å². The molecule has 1 saturated heterocycles. The second-order valence-corrected chi connectivity index (χ2v) is 8.51. The lowest BCUT2D eigenvalue weighted by Gasteiger charge is -2.26. The molecule has 0 atom stereocenters. The van der Waals surface area contributed by atoms with E-state index in [-0.39, 0.29) is 10.2 Å². The van der Waals surface area contributed by atoms with E-state index >= 15 is 0 Å². The third kappa shape index (κ3) is 5.46. The van der Waals surface area contributed by atoms with Gasteiger partial charge in [0.05, 0.1) is 29.1 Å². The zero-order chi connectivity index (χ0) is 23.9. The summed E-state index contributed by atoms with van der Waals surface area (Å²) in [5, 5.41) is 12.6. The van der Waals surface area contributed by atoms with Crippen molar-refractivity contribution in [3.63, 3.8) is 0 Å². The number of nitrogens with zero attached hydrogens (tertiary/aromatic N) is 4. The lowest BCUT2D eigenvalue weighted by molar-refractivity contribution is -0.115. The summed E-state index contributed by atoms with van der Waals surface area (Å²) in [6.45, 7) is 3.85. The summed E-state index contributed by atoms with van der Waals surface area (Å²) in [6.07, 6.45) is 3.20. The molecule has 0 unspecified atom stereocenters. The minimum Gasteiger partial charge on any atom is -0.379 e. The van der Waals surface area contributed by atoms with Crippen LogP contribution in [-0.4, -0.2) is 59.8 Å². The highest BCUT2D eigenvalue weighted by atomic mass is 32.1. The zero-order valence-corrected chi connectivity index (χ0v) is 19.1. The molecule has 10 heteroatoms. The minimum absolute atomic E-state index is 0.171. The smallest absolute Gasteiger partial charge is 0.273 e. The van der Waals surface area contributed by atoms with E-state index in [9.17, 15) is 19.2 Å². The van der Waals surface area contributed by atoms with Crippen molar-refractivity contribution in [2.75, 3.05) is 39.4 Å². The van der Waals surface area contributed by atoms with E-state index in [1.807, 2.05) is 6.07 Å². The van der Waals surface area contributed by atoms with E-state index in [2.05, 4.69) is 15.2 Å². The van der Waals surface area contributed by atoms with Gasteiger partial charge in [-0.05, 0) is 42.5 Å². The molecule has 8 nitrogen and oxygen atoms in total. The average Bonchev–Trinajstić information content (AvgIpc) is 3.17. The van der Waals surface area contributed by atoms with Gasteiger partial charge in [-0.15, -0.1) is 11.3 Å². The Morgan fingerprint density at radius 1 is 1.24 bits per heavy atom. The highest BCUT2D eigenvalue weighted by molar-refractivity contribution is 7.07. The van der Waals surface area contributed by atoms with Crippen molar-refractivity contribution < 1.29 is 13.9 Å². The number of benzene rings is 1. The normalized spacial score (nSPS) is 15.6. The second-order valence-electron chi connectivity index (χ2n) is 7.48. The van der Waals surface area contributed by atoms with Crippen LogP contribution in [0.2, 0.25) is 0 Å². The van der Waals surface area contributed by atoms with Gasteiger partial charge in [0.1, 0.15) is 16.5 Å². The first-order chi connectivity index (χ1) is 16.6. The van der Waals surface area contributed by atoms with Crippen LogP contribution in [0.25, 0.3) is 17.3 Å². The third-order valence-corrected chi connectivity index (χ3v) is 6.34. The number of aromatic nitrogens is 2. The molecule has 1 aliphatic heterocycles. The fourth-order valence-electron chi connectivity index (χ4n) is 3.51. The summed E-state index contributed by atoms with van der Waals surface area (Å²) < 4.78 is 20.6. The van der Waals surface area contributed by atoms with E-state index in [0.29, 0.717) is 42.2 Å². The van der Waals surface area contributed by atoms with Gasteiger partial charge in [0.2, 0.25) is 0 Å². The molecule has 0 aliphatic carbocycles. The Kier molecular flexibility index (Phi) is 7.59. The first kappa shape index (κ1) is 23.5. The minimum atomic E-state index is -0.572. The molecule has 174 valence electrons. The zero-order valence-electron chi connectivity index (χ0n) is 18.2. The molecule has 3 aromatic rings. The number of hydrogen-bond donors (Lipinski definition) is 1. The summed E-state index contributed by atoms with van der Waals surface area (Å²) in [6, 6.07) is 12.6. The number of amides is 1. The average molecular weight is 480 g/mol. The van der Waals surface area contributed by atoms with Crippen LogP contribution in [0, 0.1) is 17.1 Å². The molecule has 0 saturated carbocycles. The number of carbonyl (C=O) groups excluding carboxylic acids is 1. The Morgan fingerprint density at radius 2 is 2.00 bits per heavy atom. The maximum absolute atomic E-state index is 13.5. The number of hydrogen-bond acceptors (Lipinski definition) is 7. The van der Waals surface area contributed by atoms with Gasteiger partial charge in [0, 0.05) is 32.4 Å². The van der Waals surface area contributed by atoms with Crippen LogP contribution in [0.4, 0.5) is 4.39 Å². The standard InChI is InChI=1S/C24H22FN5O3S/c25-17-4-6-19(7-5-17)30-23(32)21(15-18-3-1-2-8-27-18)34-24(30)20(16-26)22(31)28-9-10-29-11-13-33-14-12-29/h1-8,15H,9-14H2,(H,28,31)/b21-15-,24-20-. The lowest BCUT2D eigenvalue weighted by atomic mass is 10.2. The topological polar surface area (TPSA) is 100 Å². The lowest BCUT2D eigenvalue weighted by Crippen LogP contribution is -2.42. The largest absolute Gasteiger partial charge is 0.379 e. The van der Waals surface area contributed by atoms with Crippen LogP contribution in [0.1, 0.15) is 5.69 Å². The fraction of sp³-hybridized carbons (Fsp3) is 0.250. The molecule has 0 bridgehead atoms. The van der Waals surface area contributed by atoms with Gasteiger partial charge in [0.25, 0.3) is 11.5 Å². The molecule has 1 aliphatic rings. The van der Waals surface area contributed by atoms with E-state index in [1.165, 1.54) is 28.8 Å². The van der Waals surface area contributed by atoms with Crippen LogP contribution < -0.4 is 20.1 Å². The van der Waals surface area contributed by atoms with Crippen LogP contribution in [0.3, 0.4) is 0 Å². The molecule has 4 rings (SSSR count). The number of ether oxygens (including phenoxy) is 1.